The summed E-state index contributed by atoms with van der Waals surface area (Å²) in [4.78, 5) is 2.36. The molecule has 0 amide bonds. The molecule has 0 radical (unpaired) electrons. The summed E-state index contributed by atoms with van der Waals surface area (Å²) < 4.78 is 0. The van der Waals surface area contributed by atoms with Crippen LogP contribution in [-0.4, -0.2) is 25.0 Å². The van der Waals surface area contributed by atoms with Crippen molar-refractivity contribution in [3.8, 4) is 0 Å². The van der Waals surface area contributed by atoms with Gasteiger partial charge in [0.2, 0.25) is 0 Å². The molecule has 0 spiro atoms. The van der Waals surface area contributed by atoms with Crippen LogP contribution in [0, 0.1) is 11.3 Å². The molecule has 12 heavy (non-hydrogen) atoms. The van der Waals surface area contributed by atoms with Crippen LogP contribution in [0.1, 0.15) is 40.0 Å². The van der Waals surface area contributed by atoms with Crippen LogP contribution in [-0.2, 0) is 0 Å². The van der Waals surface area contributed by atoms with Crippen LogP contribution >= 0.6 is 0 Å². The fourth-order valence-corrected chi connectivity index (χ4v) is 2.15. The van der Waals surface area contributed by atoms with Crippen LogP contribution < -0.4 is 0 Å². The van der Waals surface area contributed by atoms with Gasteiger partial charge in [0.05, 0.1) is 0 Å². The number of hydrogen-bond donors (Lipinski definition) is 0. The molecular weight excluding hydrogens is 146 g/mol. The highest BCUT2D eigenvalue weighted by atomic mass is 15.1. The van der Waals surface area contributed by atoms with Gasteiger partial charge in [0, 0.05) is 6.04 Å². The van der Waals surface area contributed by atoms with Crippen LogP contribution in [0.3, 0.4) is 0 Å². The highest BCUT2D eigenvalue weighted by Gasteiger charge is 2.32. The van der Waals surface area contributed by atoms with Crippen molar-refractivity contribution in [1.82, 2.24) is 4.90 Å². The van der Waals surface area contributed by atoms with Crippen LogP contribution in [0.15, 0.2) is 0 Å². The summed E-state index contributed by atoms with van der Waals surface area (Å²) in [6.07, 6.45) is 4.24. The second-order valence-electron chi connectivity index (χ2n) is 5.72. The quantitative estimate of drug-likeness (QED) is 0.614. The van der Waals surface area contributed by atoms with E-state index < -0.39 is 0 Å². The van der Waals surface area contributed by atoms with Crippen molar-refractivity contribution in [2.24, 2.45) is 11.3 Å². The van der Waals surface area contributed by atoms with E-state index in [4.69, 9.17) is 0 Å². The molecule has 0 aromatic rings. The van der Waals surface area contributed by atoms with Gasteiger partial charge in [-0.15, -0.1) is 0 Å². The van der Waals surface area contributed by atoms with Gasteiger partial charge in [0.1, 0.15) is 0 Å². The fourth-order valence-electron chi connectivity index (χ4n) is 2.15. The van der Waals surface area contributed by atoms with Crippen LogP contribution in [0.5, 0.6) is 0 Å². The molecule has 1 nitrogen and oxygen atoms in total. The molecule has 0 aromatic heterocycles. The van der Waals surface area contributed by atoms with Gasteiger partial charge >= 0.3 is 0 Å². The molecule has 1 aliphatic rings. The number of nitrogens with zero attached hydrogens (tertiary/aromatic N) is 1. The first-order valence-corrected chi connectivity index (χ1v) is 5.05. The molecule has 0 heterocycles. The van der Waals surface area contributed by atoms with Crippen LogP contribution in [0.25, 0.3) is 0 Å². The van der Waals surface area contributed by atoms with Gasteiger partial charge in [-0.1, -0.05) is 20.8 Å². The summed E-state index contributed by atoms with van der Waals surface area (Å²) in [7, 11) is 4.38. The highest BCUT2D eigenvalue weighted by Crippen LogP contribution is 2.38. The molecule has 0 saturated heterocycles. The van der Waals surface area contributed by atoms with Crippen molar-refractivity contribution < 1.29 is 0 Å². The minimum atomic E-state index is 0.530. The average Bonchev–Trinajstić information content (AvgIpc) is 1.74. The van der Waals surface area contributed by atoms with E-state index in [1.165, 1.54) is 19.3 Å². The van der Waals surface area contributed by atoms with E-state index in [1.54, 1.807) is 0 Å². The standard InChI is InChI=1S/C11H23N/c1-11(2,3)8-9-6-10(7-9)12(4)5/h9-10H,6-8H2,1-5H3. The Kier molecular flexibility index (Phi) is 2.82. The third kappa shape index (κ3) is 2.78. The molecule has 1 heteroatoms. The maximum Gasteiger partial charge on any atom is 0.00944 e. The largest absolute Gasteiger partial charge is 0.306 e. The summed E-state index contributed by atoms with van der Waals surface area (Å²) in [5.74, 6) is 0.998. The summed E-state index contributed by atoms with van der Waals surface area (Å²) in [6.45, 7) is 7.03. The van der Waals surface area contributed by atoms with Gasteiger partial charge < -0.3 is 4.90 Å². The lowest BCUT2D eigenvalue weighted by Crippen LogP contribution is -2.41. The van der Waals surface area contributed by atoms with Crippen molar-refractivity contribution >= 4 is 0 Å². The normalized spacial score (nSPS) is 30.5. The topological polar surface area (TPSA) is 3.24 Å². The zero-order valence-corrected chi connectivity index (χ0v) is 9.22. The highest BCUT2D eigenvalue weighted by molar-refractivity contribution is 4.86. The van der Waals surface area contributed by atoms with Crippen molar-refractivity contribution in [2.45, 2.75) is 46.1 Å². The molecular formula is C11H23N. The number of rotatable bonds is 2. The molecule has 0 unspecified atom stereocenters. The fraction of sp³-hybridized carbons (Fsp3) is 1.00. The zero-order chi connectivity index (χ0) is 9.35. The minimum Gasteiger partial charge on any atom is -0.306 e. The van der Waals surface area contributed by atoms with E-state index in [9.17, 15) is 0 Å². The molecule has 0 atom stereocenters. The summed E-state index contributed by atoms with van der Waals surface area (Å²) >= 11 is 0. The third-order valence-electron chi connectivity index (χ3n) is 2.84. The van der Waals surface area contributed by atoms with E-state index in [2.05, 4.69) is 39.8 Å². The van der Waals surface area contributed by atoms with Gasteiger partial charge in [-0.05, 0) is 44.7 Å². The number of hydrogen-bond acceptors (Lipinski definition) is 1. The Hall–Kier alpha value is -0.0400. The minimum absolute atomic E-state index is 0.530. The molecule has 0 aromatic carbocycles. The maximum absolute atomic E-state index is 2.36. The monoisotopic (exact) mass is 169 g/mol. The van der Waals surface area contributed by atoms with E-state index in [1.807, 2.05) is 0 Å². The van der Waals surface area contributed by atoms with Crippen molar-refractivity contribution in [3.05, 3.63) is 0 Å². The smallest absolute Gasteiger partial charge is 0.00944 e. The van der Waals surface area contributed by atoms with Crippen molar-refractivity contribution in [3.63, 3.8) is 0 Å². The molecule has 1 saturated carbocycles. The van der Waals surface area contributed by atoms with E-state index in [0.29, 0.717) is 5.41 Å². The second kappa shape index (κ2) is 3.37. The summed E-state index contributed by atoms with van der Waals surface area (Å²) in [6, 6.07) is 0.873. The molecule has 1 aliphatic carbocycles. The molecule has 0 bridgehead atoms. The second-order valence-corrected chi connectivity index (χ2v) is 5.72. The predicted octanol–water partition coefficient (Wildman–Crippen LogP) is 2.76. The lowest BCUT2D eigenvalue weighted by atomic mass is 9.71. The van der Waals surface area contributed by atoms with Crippen LogP contribution in [0.2, 0.25) is 0 Å². The van der Waals surface area contributed by atoms with E-state index >= 15 is 0 Å². The predicted molar refractivity (Wildman–Crippen MR) is 54.3 cm³/mol. The van der Waals surface area contributed by atoms with Gasteiger partial charge in [0.25, 0.3) is 0 Å². The summed E-state index contributed by atoms with van der Waals surface area (Å²) in [5.41, 5.74) is 0.530. The van der Waals surface area contributed by atoms with E-state index in [-0.39, 0.29) is 0 Å². The molecule has 0 N–H and O–H groups in total. The van der Waals surface area contributed by atoms with Gasteiger partial charge in [-0.3, -0.25) is 0 Å². The molecule has 0 aliphatic heterocycles. The lowest BCUT2D eigenvalue weighted by Gasteiger charge is -2.42. The van der Waals surface area contributed by atoms with Crippen molar-refractivity contribution in [2.75, 3.05) is 14.1 Å². The van der Waals surface area contributed by atoms with Crippen molar-refractivity contribution in [1.29, 1.82) is 0 Å². The first-order chi connectivity index (χ1) is 5.38. The third-order valence-corrected chi connectivity index (χ3v) is 2.84. The maximum atomic E-state index is 2.36. The Labute approximate surface area is 77.1 Å². The van der Waals surface area contributed by atoms with Gasteiger partial charge in [-0.25, -0.2) is 0 Å². The first kappa shape index (κ1) is 10.0. The Bertz CT molecular complexity index is 138. The van der Waals surface area contributed by atoms with Crippen LogP contribution in [0.4, 0.5) is 0 Å². The Balaban J connectivity index is 2.18. The molecule has 1 rings (SSSR count). The SMILES string of the molecule is CN(C)C1CC(CC(C)(C)C)C1. The Morgan fingerprint density at radius 3 is 2.00 bits per heavy atom. The molecule has 72 valence electrons. The Morgan fingerprint density at radius 2 is 1.67 bits per heavy atom. The lowest BCUT2D eigenvalue weighted by molar-refractivity contribution is 0.0916. The van der Waals surface area contributed by atoms with E-state index in [0.717, 1.165) is 12.0 Å². The van der Waals surface area contributed by atoms with Gasteiger partial charge in [-0.2, -0.15) is 0 Å². The average molecular weight is 169 g/mol. The summed E-state index contributed by atoms with van der Waals surface area (Å²) in [5, 5.41) is 0. The Morgan fingerprint density at radius 1 is 1.17 bits per heavy atom. The van der Waals surface area contributed by atoms with Gasteiger partial charge in [0.15, 0.2) is 0 Å². The first-order valence-electron chi connectivity index (χ1n) is 5.05. The molecule has 1 fully saturated rings. The zero-order valence-electron chi connectivity index (χ0n) is 9.22.